The lowest BCUT2D eigenvalue weighted by Gasteiger charge is -2.25. The van der Waals surface area contributed by atoms with Crippen molar-refractivity contribution in [2.45, 2.75) is 31.8 Å². The Hall–Kier alpha value is -2.41. The monoisotopic (exact) mass is 377 g/mol. The number of halogens is 2. The molecule has 2 fully saturated rings. The van der Waals surface area contributed by atoms with Crippen LogP contribution in [0.5, 0.6) is 0 Å². The Kier molecular flexibility index (Phi) is 4.19. The molecule has 3 heterocycles. The van der Waals surface area contributed by atoms with E-state index < -0.39 is 5.82 Å². The molecule has 0 spiro atoms. The molecule has 2 amide bonds. The van der Waals surface area contributed by atoms with Crippen molar-refractivity contribution in [1.29, 1.82) is 0 Å². The summed E-state index contributed by atoms with van der Waals surface area (Å²) in [4.78, 5) is 33.1. The molecule has 1 aromatic heterocycles. The van der Waals surface area contributed by atoms with E-state index in [1.165, 1.54) is 18.5 Å². The summed E-state index contributed by atoms with van der Waals surface area (Å²) < 4.78 is 18.4. The summed E-state index contributed by atoms with van der Waals surface area (Å²) in [5, 5.41) is 0.0996. The maximum Gasteiger partial charge on any atom is 0.276 e. The van der Waals surface area contributed by atoms with Gasteiger partial charge in [0.05, 0.1) is 22.7 Å². The number of oxazole rings is 1. The zero-order valence-corrected chi connectivity index (χ0v) is 14.9. The number of nitrogens with zero attached hydrogens (tertiary/aromatic N) is 3. The molecule has 2 aromatic rings. The Labute approximate surface area is 154 Å². The third kappa shape index (κ3) is 2.67. The Bertz CT molecular complexity index is 884. The number of carbonyl (C=O) groups excluding carboxylic acids is 2. The van der Waals surface area contributed by atoms with Gasteiger partial charge in [0.2, 0.25) is 0 Å². The van der Waals surface area contributed by atoms with Crippen molar-refractivity contribution >= 4 is 23.4 Å². The maximum absolute atomic E-state index is 13.2. The van der Waals surface area contributed by atoms with Crippen molar-refractivity contribution in [3.63, 3.8) is 0 Å². The molecule has 0 bridgehead atoms. The summed E-state index contributed by atoms with van der Waals surface area (Å²) in [6.45, 7) is 2.79. The van der Waals surface area contributed by atoms with Crippen molar-refractivity contribution in [3.05, 3.63) is 52.5 Å². The Morgan fingerprint density at radius 3 is 2.42 bits per heavy atom. The predicted octanol–water partition coefficient (Wildman–Crippen LogP) is 2.90. The fourth-order valence-electron chi connectivity index (χ4n) is 3.95. The van der Waals surface area contributed by atoms with Gasteiger partial charge in [-0.3, -0.25) is 9.59 Å². The van der Waals surface area contributed by atoms with Crippen LogP contribution < -0.4 is 0 Å². The van der Waals surface area contributed by atoms with Crippen LogP contribution in [0.25, 0.3) is 0 Å². The van der Waals surface area contributed by atoms with Gasteiger partial charge in [0.25, 0.3) is 11.8 Å². The lowest BCUT2D eigenvalue weighted by Crippen LogP contribution is -2.41. The van der Waals surface area contributed by atoms with Crippen LogP contribution in [-0.2, 0) is 0 Å². The number of hydrogen-bond donors (Lipinski definition) is 0. The SMILES string of the molecule is Cc1ocnc1C(=O)N1CC[C@H]2[C@@H]1CCN2C(=O)c1ccc(F)cc1Cl. The van der Waals surface area contributed by atoms with Crippen molar-refractivity contribution in [2.75, 3.05) is 13.1 Å². The third-order valence-corrected chi connectivity index (χ3v) is 5.52. The van der Waals surface area contributed by atoms with Crippen LogP contribution in [-0.4, -0.2) is 51.8 Å². The number of amides is 2. The molecule has 0 radical (unpaired) electrons. The maximum atomic E-state index is 13.2. The van der Waals surface area contributed by atoms with Gasteiger partial charge in [-0.05, 0) is 38.0 Å². The molecule has 6 nitrogen and oxygen atoms in total. The van der Waals surface area contributed by atoms with E-state index in [2.05, 4.69) is 4.98 Å². The van der Waals surface area contributed by atoms with Gasteiger partial charge in [0.15, 0.2) is 12.1 Å². The van der Waals surface area contributed by atoms with Crippen molar-refractivity contribution in [3.8, 4) is 0 Å². The first-order valence-electron chi connectivity index (χ1n) is 8.44. The van der Waals surface area contributed by atoms with E-state index >= 15 is 0 Å². The highest BCUT2D eigenvalue weighted by atomic mass is 35.5. The van der Waals surface area contributed by atoms with Gasteiger partial charge in [-0.15, -0.1) is 0 Å². The first-order chi connectivity index (χ1) is 12.5. The highest BCUT2D eigenvalue weighted by molar-refractivity contribution is 6.33. The molecule has 1 aromatic carbocycles. The minimum absolute atomic E-state index is 0.0539. The number of aryl methyl sites for hydroxylation is 1. The topological polar surface area (TPSA) is 66.7 Å². The van der Waals surface area contributed by atoms with Crippen LogP contribution >= 0.6 is 11.6 Å². The average molecular weight is 378 g/mol. The van der Waals surface area contributed by atoms with Gasteiger partial charge in [0, 0.05) is 13.1 Å². The van der Waals surface area contributed by atoms with Gasteiger partial charge in [-0.2, -0.15) is 0 Å². The number of hydrogen-bond acceptors (Lipinski definition) is 4. The zero-order valence-electron chi connectivity index (χ0n) is 14.1. The van der Waals surface area contributed by atoms with E-state index in [-0.39, 0.29) is 34.5 Å². The standard InChI is InChI=1S/C18H17ClFN3O3/c1-10-16(21-9-26-10)18(25)23-7-5-14-15(23)4-6-22(14)17(24)12-3-2-11(20)8-13(12)19/h2-3,8-9,14-15H,4-7H2,1H3/t14-,15-/m0/s1. The first-order valence-corrected chi connectivity index (χ1v) is 8.82. The highest BCUT2D eigenvalue weighted by Gasteiger charge is 2.47. The summed E-state index contributed by atoms with van der Waals surface area (Å²) in [6, 6.07) is 3.65. The molecule has 0 aliphatic carbocycles. The summed E-state index contributed by atoms with van der Waals surface area (Å²) in [7, 11) is 0. The molecule has 8 heteroatoms. The number of fused-ring (bicyclic) bond motifs is 1. The number of carbonyl (C=O) groups is 2. The lowest BCUT2D eigenvalue weighted by atomic mass is 10.1. The molecule has 26 heavy (non-hydrogen) atoms. The molecule has 2 atom stereocenters. The van der Waals surface area contributed by atoms with Gasteiger partial charge in [-0.1, -0.05) is 11.6 Å². The second kappa shape index (κ2) is 6.39. The molecule has 0 N–H and O–H groups in total. The molecule has 0 saturated carbocycles. The van der Waals surface area contributed by atoms with Crippen molar-refractivity contribution in [1.82, 2.24) is 14.8 Å². The first kappa shape index (κ1) is 17.0. The van der Waals surface area contributed by atoms with Gasteiger partial charge in [-0.25, -0.2) is 9.37 Å². The van der Waals surface area contributed by atoms with Crippen LogP contribution in [0.1, 0.15) is 39.4 Å². The molecular formula is C18H17ClFN3O3. The number of rotatable bonds is 2. The molecule has 2 saturated heterocycles. The zero-order chi connectivity index (χ0) is 18.4. The molecular weight excluding hydrogens is 361 g/mol. The fraction of sp³-hybridized carbons (Fsp3) is 0.389. The summed E-state index contributed by atoms with van der Waals surface area (Å²) in [5.74, 6) is -0.388. The minimum Gasteiger partial charge on any atom is -0.448 e. The molecule has 0 unspecified atom stereocenters. The smallest absolute Gasteiger partial charge is 0.276 e. The largest absolute Gasteiger partial charge is 0.448 e. The van der Waals surface area contributed by atoms with Crippen LogP contribution in [0.15, 0.2) is 29.0 Å². The molecule has 4 rings (SSSR count). The second-order valence-electron chi connectivity index (χ2n) is 6.59. The van der Waals surface area contributed by atoms with Crippen molar-refractivity contribution < 1.29 is 18.4 Å². The van der Waals surface area contributed by atoms with Crippen LogP contribution in [0.3, 0.4) is 0 Å². The Morgan fingerprint density at radius 2 is 1.85 bits per heavy atom. The van der Waals surface area contributed by atoms with Crippen molar-refractivity contribution in [2.24, 2.45) is 0 Å². The predicted molar refractivity (Wildman–Crippen MR) is 91.5 cm³/mol. The van der Waals surface area contributed by atoms with Gasteiger partial charge >= 0.3 is 0 Å². The van der Waals surface area contributed by atoms with E-state index in [1.807, 2.05) is 0 Å². The quantitative estimate of drug-likeness (QED) is 0.807. The van der Waals surface area contributed by atoms with E-state index in [0.29, 0.717) is 37.4 Å². The average Bonchev–Trinajstić information content (AvgIpc) is 3.29. The van der Waals surface area contributed by atoms with Crippen LogP contribution in [0, 0.1) is 12.7 Å². The number of aromatic nitrogens is 1. The minimum atomic E-state index is -0.480. The summed E-state index contributed by atoms with van der Waals surface area (Å²) >= 11 is 6.04. The normalized spacial score (nSPS) is 22.0. The van der Waals surface area contributed by atoms with E-state index in [1.54, 1.807) is 16.7 Å². The van der Waals surface area contributed by atoms with Gasteiger partial charge < -0.3 is 14.2 Å². The second-order valence-corrected chi connectivity index (χ2v) is 7.00. The lowest BCUT2D eigenvalue weighted by molar-refractivity contribution is 0.0687. The number of benzene rings is 1. The Morgan fingerprint density at radius 1 is 1.19 bits per heavy atom. The van der Waals surface area contributed by atoms with Crippen LogP contribution in [0.2, 0.25) is 5.02 Å². The molecule has 2 aliphatic heterocycles. The molecule has 136 valence electrons. The van der Waals surface area contributed by atoms with E-state index in [9.17, 15) is 14.0 Å². The van der Waals surface area contributed by atoms with E-state index in [4.69, 9.17) is 16.0 Å². The number of likely N-dealkylation sites (tertiary alicyclic amines) is 2. The third-order valence-electron chi connectivity index (χ3n) is 5.21. The summed E-state index contributed by atoms with van der Waals surface area (Å²) in [6.07, 6.45) is 2.65. The van der Waals surface area contributed by atoms with Crippen LogP contribution in [0.4, 0.5) is 4.39 Å². The summed E-state index contributed by atoms with van der Waals surface area (Å²) in [5.41, 5.74) is 0.600. The highest BCUT2D eigenvalue weighted by Crippen LogP contribution is 2.34. The fourth-order valence-corrected chi connectivity index (χ4v) is 4.20. The van der Waals surface area contributed by atoms with Gasteiger partial charge in [0.1, 0.15) is 11.6 Å². The molecule has 2 aliphatic rings. The Balaban J connectivity index is 1.54. The van der Waals surface area contributed by atoms with E-state index in [0.717, 1.165) is 6.07 Å².